The molecule has 0 amide bonds. The highest BCUT2D eigenvalue weighted by Crippen LogP contribution is 2.20. The van der Waals surface area contributed by atoms with Gasteiger partial charge in [0.2, 0.25) is 0 Å². The number of nitrogens with zero attached hydrogens (tertiary/aromatic N) is 1. The minimum Gasteiger partial charge on any atom is -0.480 e. The Kier molecular flexibility index (Phi) is 5.58. The SMILES string of the molecule is C=C(Br)CN(c1ccccc1)C(CS)C(=O)O. The number of benzene rings is 1. The number of carboxylic acids is 1. The summed E-state index contributed by atoms with van der Waals surface area (Å²) in [7, 11) is 0. The molecule has 0 saturated heterocycles. The number of anilines is 1. The summed E-state index contributed by atoms with van der Waals surface area (Å²) in [5, 5.41) is 9.18. The Morgan fingerprint density at radius 1 is 1.47 bits per heavy atom. The van der Waals surface area contributed by atoms with Crippen molar-refractivity contribution in [2.45, 2.75) is 6.04 Å². The zero-order valence-electron chi connectivity index (χ0n) is 9.21. The third-order valence-electron chi connectivity index (χ3n) is 2.26. The smallest absolute Gasteiger partial charge is 0.327 e. The van der Waals surface area contributed by atoms with Crippen molar-refractivity contribution in [3.05, 3.63) is 41.4 Å². The van der Waals surface area contributed by atoms with E-state index in [2.05, 4.69) is 35.1 Å². The highest BCUT2D eigenvalue weighted by molar-refractivity contribution is 9.11. The monoisotopic (exact) mass is 315 g/mol. The van der Waals surface area contributed by atoms with Gasteiger partial charge in [0.05, 0.1) is 0 Å². The van der Waals surface area contributed by atoms with Crippen LogP contribution in [0.1, 0.15) is 0 Å². The maximum atomic E-state index is 11.2. The van der Waals surface area contributed by atoms with Gasteiger partial charge in [-0.25, -0.2) is 4.79 Å². The fourth-order valence-corrected chi connectivity index (χ4v) is 2.12. The lowest BCUT2D eigenvalue weighted by atomic mass is 10.2. The summed E-state index contributed by atoms with van der Waals surface area (Å²) >= 11 is 7.36. The summed E-state index contributed by atoms with van der Waals surface area (Å²) in [6.07, 6.45) is 0. The number of aliphatic carboxylic acids is 1. The highest BCUT2D eigenvalue weighted by Gasteiger charge is 2.24. The molecule has 0 fully saturated rings. The van der Waals surface area contributed by atoms with E-state index in [9.17, 15) is 9.90 Å². The van der Waals surface area contributed by atoms with E-state index in [1.807, 2.05) is 30.3 Å². The largest absolute Gasteiger partial charge is 0.480 e. The lowest BCUT2D eigenvalue weighted by molar-refractivity contribution is -0.138. The van der Waals surface area contributed by atoms with Crippen molar-refractivity contribution in [1.29, 1.82) is 0 Å². The zero-order chi connectivity index (χ0) is 12.8. The van der Waals surface area contributed by atoms with Crippen LogP contribution >= 0.6 is 28.6 Å². The van der Waals surface area contributed by atoms with Gasteiger partial charge in [-0.05, 0) is 12.1 Å². The molecule has 17 heavy (non-hydrogen) atoms. The molecule has 0 aliphatic heterocycles. The Morgan fingerprint density at radius 2 is 2.06 bits per heavy atom. The molecule has 0 radical (unpaired) electrons. The van der Waals surface area contributed by atoms with Crippen LogP contribution in [0.5, 0.6) is 0 Å². The predicted molar refractivity (Wildman–Crippen MR) is 77.1 cm³/mol. The number of carbonyl (C=O) groups is 1. The van der Waals surface area contributed by atoms with Crippen LogP contribution in [0, 0.1) is 0 Å². The van der Waals surface area contributed by atoms with E-state index in [1.165, 1.54) is 0 Å². The fraction of sp³-hybridized carbons (Fsp3) is 0.250. The third-order valence-corrected chi connectivity index (χ3v) is 2.86. The van der Waals surface area contributed by atoms with Gasteiger partial charge in [-0.2, -0.15) is 12.6 Å². The maximum Gasteiger partial charge on any atom is 0.327 e. The van der Waals surface area contributed by atoms with E-state index < -0.39 is 12.0 Å². The van der Waals surface area contributed by atoms with E-state index in [4.69, 9.17) is 0 Å². The maximum absolute atomic E-state index is 11.2. The van der Waals surface area contributed by atoms with Crippen LogP contribution in [0.3, 0.4) is 0 Å². The summed E-state index contributed by atoms with van der Waals surface area (Å²) in [6.45, 7) is 4.19. The van der Waals surface area contributed by atoms with Crippen molar-refractivity contribution in [1.82, 2.24) is 0 Å². The van der Waals surface area contributed by atoms with E-state index >= 15 is 0 Å². The first-order valence-electron chi connectivity index (χ1n) is 5.05. The van der Waals surface area contributed by atoms with Crippen molar-refractivity contribution in [2.24, 2.45) is 0 Å². The molecular formula is C12H14BrNO2S. The molecule has 0 bridgehead atoms. The summed E-state index contributed by atoms with van der Waals surface area (Å²) < 4.78 is 0.731. The molecule has 3 nitrogen and oxygen atoms in total. The summed E-state index contributed by atoms with van der Waals surface area (Å²) in [6, 6.07) is 8.70. The molecular weight excluding hydrogens is 302 g/mol. The van der Waals surface area contributed by atoms with Gasteiger partial charge in [0, 0.05) is 22.5 Å². The molecule has 1 atom stereocenters. The van der Waals surface area contributed by atoms with Gasteiger partial charge in [-0.15, -0.1) is 0 Å². The second-order valence-electron chi connectivity index (χ2n) is 3.52. The van der Waals surface area contributed by atoms with Crippen LogP contribution < -0.4 is 4.90 Å². The van der Waals surface area contributed by atoms with Crippen LogP contribution in [0.25, 0.3) is 0 Å². The quantitative estimate of drug-likeness (QED) is 0.793. The molecule has 0 aromatic heterocycles. The Morgan fingerprint density at radius 3 is 2.47 bits per heavy atom. The molecule has 0 aliphatic rings. The topological polar surface area (TPSA) is 40.5 Å². The van der Waals surface area contributed by atoms with E-state index in [0.717, 1.165) is 10.2 Å². The highest BCUT2D eigenvalue weighted by atomic mass is 79.9. The van der Waals surface area contributed by atoms with E-state index in [-0.39, 0.29) is 5.75 Å². The summed E-state index contributed by atoms with van der Waals surface area (Å²) in [5.41, 5.74) is 0.842. The van der Waals surface area contributed by atoms with Crippen LogP contribution in [0.2, 0.25) is 0 Å². The van der Waals surface area contributed by atoms with Crippen molar-refractivity contribution >= 4 is 40.2 Å². The lowest BCUT2D eigenvalue weighted by Crippen LogP contribution is -2.43. The number of halogens is 1. The Labute approximate surface area is 115 Å². The number of carboxylic acid groups (broad SMARTS) is 1. The van der Waals surface area contributed by atoms with E-state index in [1.54, 1.807) is 4.90 Å². The van der Waals surface area contributed by atoms with Gasteiger partial charge < -0.3 is 10.0 Å². The second-order valence-corrected chi connectivity index (χ2v) is 5.00. The van der Waals surface area contributed by atoms with Crippen molar-refractivity contribution < 1.29 is 9.90 Å². The van der Waals surface area contributed by atoms with Gasteiger partial charge in [-0.3, -0.25) is 0 Å². The number of para-hydroxylation sites is 1. The zero-order valence-corrected chi connectivity index (χ0v) is 11.7. The number of rotatable bonds is 6. The Hall–Kier alpha value is -0.940. The molecule has 1 unspecified atom stereocenters. The van der Waals surface area contributed by atoms with E-state index in [0.29, 0.717) is 6.54 Å². The van der Waals surface area contributed by atoms with Gasteiger partial charge in [0.15, 0.2) is 0 Å². The van der Waals surface area contributed by atoms with Crippen molar-refractivity contribution in [3.63, 3.8) is 0 Å². The second kappa shape index (κ2) is 6.71. The number of hydrogen-bond acceptors (Lipinski definition) is 3. The number of hydrogen-bond donors (Lipinski definition) is 2. The molecule has 1 aromatic carbocycles. The summed E-state index contributed by atoms with van der Waals surface area (Å²) in [5.74, 6) is -0.651. The summed E-state index contributed by atoms with van der Waals surface area (Å²) in [4.78, 5) is 12.9. The number of thiol groups is 1. The average Bonchev–Trinajstić information content (AvgIpc) is 2.29. The van der Waals surface area contributed by atoms with Crippen LogP contribution in [-0.2, 0) is 4.79 Å². The molecule has 0 saturated carbocycles. The Bertz CT molecular complexity index is 397. The standard InChI is InChI=1S/C12H14BrNO2S/c1-9(13)7-14(11(8-17)12(15)16)10-5-3-2-4-6-10/h2-6,11,17H,1,7-8H2,(H,15,16). The van der Waals surface area contributed by atoms with Gasteiger partial charge >= 0.3 is 5.97 Å². The molecule has 5 heteroatoms. The first kappa shape index (κ1) is 14.1. The minimum absolute atomic E-state index is 0.241. The molecule has 0 spiro atoms. The minimum atomic E-state index is -0.891. The third kappa shape index (κ3) is 4.09. The molecule has 92 valence electrons. The average molecular weight is 316 g/mol. The van der Waals surface area contributed by atoms with Crippen LogP contribution in [-0.4, -0.2) is 29.4 Å². The molecule has 1 rings (SSSR count). The molecule has 1 N–H and O–H groups in total. The van der Waals surface area contributed by atoms with Crippen LogP contribution in [0.4, 0.5) is 5.69 Å². The fourth-order valence-electron chi connectivity index (χ4n) is 1.50. The van der Waals surface area contributed by atoms with Crippen molar-refractivity contribution in [3.8, 4) is 0 Å². The first-order valence-corrected chi connectivity index (χ1v) is 6.47. The molecule has 1 aromatic rings. The lowest BCUT2D eigenvalue weighted by Gasteiger charge is -2.29. The first-order chi connectivity index (χ1) is 8.06. The van der Waals surface area contributed by atoms with Gasteiger partial charge in [0.1, 0.15) is 6.04 Å². The van der Waals surface area contributed by atoms with Crippen molar-refractivity contribution in [2.75, 3.05) is 17.2 Å². The van der Waals surface area contributed by atoms with Gasteiger partial charge in [0.25, 0.3) is 0 Å². The Balaban J connectivity index is 3.02. The molecule has 0 aliphatic carbocycles. The molecule has 0 heterocycles. The predicted octanol–water partition coefficient (Wildman–Crippen LogP) is 2.78. The normalized spacial score (nSPS) is 11.9. The van der Waals surface area contributed by atoms with Gasteiger partial charge in [-0.1, -0.05) is 40.7 Å². The van der Waals surface area contributed by atoms with Crippen LogP contribution in [0.15, 0.2) is 41.4 Å².